The lowest BCUT2D eigenvalue weighted by molar-refractivity contribution is 0.324. The Labute approximate surface area is 82.8 Å². The summed E-state index contributed by atoms with van der Waals surface area (Å²) in [6.07, 6.45) is 2.26. The van der Waals surface area contributed by atoms with E-state index in [1.165, 1.54) is 6.20 Å². The Hall–Kier alpha value is -1.65. The van der Waals surface area contributed by atoms with Gasteiger partial charge < -0.3 is 10.5 Å². The second-order valence-electron chi connectivity index (χ2n) is 2.71. The van der Waals surface area contributed by atoms with Crippen LogP contribution in [0.5, 0.6) is 5.88 Å². The topological polar surface area (TPSA) is 84.9 Å². The molecule has 1 rings (SSSR count). The van der Waals surface area contributed by atoms with Crippen molar-refractivity contribution in [2.24, 2.45) is 5.73 Å². The molecule has 0 saturated heterocycles. The number of nitrogen functional groups attached to an aromatic ring is 1. The highest BCUT2D eigenvalue weighted by molar-refractivity contribution is 5.96. The van der Waals surface area contributed by atoms with Crippen molar-refractivity contribution in [3.8, 4) is 5.88 Å². The molecular weight excluding hydrogens is 180 g/mol. The summed E-state index contributed by atoms with van der Waals surface area (Å²) in [5.41, 5.74) is 5.81. The second-order valence-corrected chi connectivity index (χ2v) is 2.71. The maximum Gasteiger partial charge on any atom is 0.227 e. The number of nitrogens with two attached hydrogens (primary N) is 1. The van der Waals surface area contributed by atoms with E-state index in [0.717, 1.165) is 6.42 Å². The third-order valence-electron chi connectivity index (χ3n) is 1.69. The van der Waals surface area contributed by atoms with E-state index in [9.17, 15) is 0 Å². The monoisotopic (exact) mass is 194 g/mol. The van der Waals surface area contributed by atoms with Gasteiger partial charge in [0.1, 0.15) is 11.7 Å². The van der Waals surface area contributed by atoms with Crippen molar-refractivity contribution < 1.29 is 4.74 Å². The van der Waals surface area contributed by atoms with Crippen LogP contribution in [0.15, 0.2) is 6.20 Å². The first-order chi connectivity index (χ1) is 6.69. The maximum absolute atomic E-state index is 7.30. The number of aryl methyl sites for hydroxylation is 1. The molecule has 0 radical (unpaired) electrons. The summed E-state index contributed by atoms with van der Waals surface area (Å²) in [6, 6.07) is 0. The third kappa shape index (κ3) is 2.18. The minimum Gasteiger partial charge on any atom is -0.477 e. The van der Waals surface area contributed by atoms with Gasteiger partial charge in [0.25, 0.3) is 0 Å². The molecule has 0 aromatic carbocycles. The largest absolute Gasteiger partial charge is 0.477 e. The van der Waals surface area contributed by atoms with Crippen LogP contribution >= 0.6 is 0 Å². The molecule has 0 aliphatic rings. The molecule has 0 amide bonds. The number of hydrogen-bond acceptors (Lipinski definition) is 4. The molecule has 5 heteroatoms. The molecule has 0 saturated carbocycles. The van der Waals surface area contributed by atoms with E-state index in [2.05, 4.69) is 9.97 Å². The predicted molar refractivity (Wildman–Crippen MR) is 53.6 cm³/mol. The van der Waals surface area contributed by atoms with E-state index in [-0.39, 0.29) is 5.84 Å². The number of nitrogens with zero attached hydrogens (tertiary/aromatic N) is 2. The van der Waals surface area contributed by atoms with E-state index < -0.39 is 0 Å². The summed E-state index contributed by atoms with van der Waals surface area (Å²) in [6.45, 7) is 4.32. The van der Waals surface area contributed by atoms with Gasteiger partial charge in [-0.3, -0.25) is 5.41 Å². The summed E-state index contributed by atoms with van der Waals surface area (Å²) < 4.78 is 5.27. The normalized spacial score (nSPS) is 9.86. The Morgan fingerprint density at radius 1 is 1.57 bits per heavy atom. The van der Waals surface area contributed by atoms with Crippen LogP contribution in [0.3, 0.4) is 0 Å². The molecule has 0 fully saturated rings. The lowest BCUT2D eigenvalue weighted by atomic mass is 10.3. The van der Waals surface area contributed by atoms with Gasteiger partial charge in [0, 0.05) is 12.6 Å². The minimum absolute atomic E-state index is 0.0731. The van der Waals surface area contributed by atoms with E-state index in [4.69, 9.17) is 15.9 Å². The van der Waals surface area contributed by atoms with Crippen LogP contribution in [0.2, 0.25) is 0 Å². The van der Waals surface area contributed by atoms with Gasteiger partial charge in [0.2, 0.25) is 5.88 Å². The van der Waals surface area contributed by atoms with Crippen LogP contribution in [0.25, 0.3) is 0 Å². The molecule has 5 nitrogen and oxygen atoms in total. The van der Waals surface area contributed by atoms with Gasteiger partial charge >= 0.3 is 0 Å². The highest BCUT2D eigenvalue weighted by atomic mass is 16.5. The molecule has 0 spiro atoms. The van der Waals surface area contributed by atoms with Gasteiger partial charge in [-0.05, 0) is 6.92 Å². The van der Waals surface area contributed by atoms with E-state index >= 15 is 0 Å². The molecule has 1 aromatic rings. The number of amidine groups is 1. The molecule has 76 valence electrons. The summed E-state index contributed by atoms with van der Waals surface area (Å²) in [5, 5.41) is 7.30. The van der Waals surface area contributed by atoms with Gasteiger partial charge in [0.15, 0.2) is 0 Å². The van der Waals surface area contributed by atoms with Crippen molar-refractivity contribution in [1.82, 2.24) is 9.97 Å². The Bertz CT molecular complexity index is 338. The summed E-state index contributed by atoms with van der Waals surface area (Å²) >= 11 is 0. The number of nitrogens with one attached hydrogen (secondary N) is 1. The highest BCUT2D eigenvalue weighted by Crippen LogP contribution is 2.13. The summed E-state index contributed by atoms with van der Waals surface area (Å²) in [5.74, 6) is 1.02. The van der Waals surface area contributed by atoms with E-state index in [1.807, 2.05) is 13.8 Å². The van der Waals surface area contributed by atoms with Gasteiger partial charge in [-0.25, -0.2) is 4.98 Å². The van der Waals surface area contributed by atoms with Crippen LogP contribution in [-0.2, 0) is 6.42 Å². The number of aromatic nitrogens is 2. The van der Waals surface area contributed by atoms with E-state index in [0.29, 0.717) is 23.9 Å². The molecule has 1 aromatic heterocycles. The van der Waals surface area contributed by atoms with Crippen molar-refractivity contribution >= 4 is 5.84 Å². The number of ether oxygens (including phenoxy) is 1. The Balaban J connectivity index is 3.10. The average Bonchev–Trinajstić information content (AvgIpc) is 2.17. The molecule has 0 atom stereocenters. The highest BCUT2D eigenvalue weighted by Gasteiger charge is 2.09. The fourth-order valence-electron chi connectivity index (χ4n) is 1.00. The fourth-order valence-corrected chi connectivity index (χ4v) is 1.00. The lowest BCUT2D eigenvalue weighted by Crippen LogP contribution is -2.15. The Morgan fingerprint density at radius 3 is 2.79 bits per heavy atom. The fraction of sp³-hybridized carbons (Fsp3) is 0.444. The summed E-state index contributed by atoms with van der Waals surface area (Å²) in [7, 11) is 0. The van der Waals surface area contributed by atoms with Crippen LogP contribution in [-0.4, -0.2) is 22.4 Å². The third-order valence-corrected chi connectivity index (χ3v) is 1.69. The Kier molecular flexibility index (Phi) is 3.39. The standard InChI is InChI=1S/C9H14N4O/c1-3-7-12-5-6(8(10)11)9(13-7)14-4-2/h5H,3-4H2,1-2H3,(H3,10,11). The maximum atomic E-state index is 7.30. The zero-order valence-electron chi connectivity index (χ0n) is 8.37. The molecular formula is C9H14N4O. The average molecular weight is 194 g/mol. The first-order valence-corrected chi connectivity index (χ1v) is 4.52. The van der Waals surface area contributed by atoms with Gasteiger partial charge in [0.05, 0.1) is 12.2 Å². The summed E-state index contributed by atoms with van der Waals surface area (Å²) in [4.78, 5) is 8.20. The van der Waals surface area contributed by atoms with Gasteiger partial charge in [-0.1, -0.05) is 6.92 Å². The smallest absolute Gasteiger partial charge is 0.227 e. The molecule has 0 unspecified atom stereocenters. The van der Waals surface area contributed by atoms with Crippen LogP contribution in [0.4, 0.5) is 0 Å². The second kappa shape index (κ2) is 4.55. The van der Waals surface area contributed by atoms with Crippen LogP contribution in [0.1, 0.15) is 25.2 Å². The van der Waals surface area contributed by atoms with Gasteiger partial charge in [-0.2, -0.15) is 4.98 Å². The Morgan fingerprint density at radius 2 is 2.29 bits per heavy atom. The zero-order chi connectivity index (χ0) is 10.6. The van der Waals surface area contributed by atoms with E-state index in [1.54, 1.807) is 0 Å². The first-order valence-electron chi connectivity index (χ1n) is 4.52. The molecule has 0 aliphatic heterocycles. The van der Waals surface area contributed by atoms with Crippen molar-refractivity contribution in [3.05, 3.63) is 17.6 Å². The minimum atomic E-state index is -0.0731. The van der Waals surface area contributed by atoms with Crippen molar-refractivity contribution in [3.63, 3.8) is 0 Å². The molecule has 1 heterocycles. The van der Waals surface area contributed by atoms with Crippen LogP contribution < -0.4 is 10.5 Å². The molecule has 14 heavy (non-hydrogen) atoms. The lowest BCUT2D eigenvalue weighted by Gasteiger charge is -2.07. The van der Waals surface area contributed by atoms with Gasteiger partial charge in [-0.15, -0.1) is 0 Å². The molecule has 0 aliphatic carbocycles. The van der Waals surface area contributed by atoms with Crippen molar-refractivity contribution in [2.45, 2.75) is 20.3 Å². The van der Waals surface area contributed by atoms with Crippen molar-refractivity contribution in [1.29, 1.82) is 5.41 Å². The SMILES string of the molecule is CCOc1nc(CC)ncc1C(=N)N. The predicted octanol–water partition coefficient (Wildman–Crippen LogP) is 0.722. The van der Waals surface area contributed by atoms with Crippen molar-refractivity contribution in [2.75, 3.05) is 6.61 Å². The molecule has 0 bridgehead atoms. The van der Waals surface area contributed by atoms with Crippen LogP contribution in [0, 0.1) is 5.41 Å². The zero-order valence-corrected chi connectivity index (χ0v) is 8.37. The number of hydrogen-bond donors (Lipinski definition) is 2. The first kappa shape index (κ1) is 10.4. The quantitative estimate of drug-likeness (QED) is 0.546. The number of rotatable bonds is 4. The molecule has 3 N–H and O–H groups in total.